The zero-order chi connectivity index (χ0) is 13.5. The van der Waals surface area contributed by atoms with Gasteiger partial charge in [-0.15, -0.1) is 0 Å². The van der Waals surface area contributed by atoms with Crippen LogP contribution in [-0.2, 0) is 4.79 Å². The summed E-state index contributed by atoms with van der Waals surface area (Å²) in [5.41, 5.74) is 6.03. The lowest BCUT2D eigenvalue weighted by molar-refractivity contribution is -0.117. The third-order valence-corrected chi connectivity index (χ3v) is 2.73. The van der Waals surface area contributed by atoms with Crippen molar-refractivity contribution >= 4 is 17.5 Å². The molecule has 2 amide bonds. The summed E-state index contributed by atoms with van der Waals surface area (Å²) in [6.07, 6.45) is 0. The molecule has 1 aromatic carbocycles. The van der Waals surface area contributed by atoms with Crippen LogP contribution in [0.15, 0.2) is 24.3 Å². The van der Waals surface area contributed by atoms with E-state index in [9.17, 15) is 9.59 Å². The van der Waals surface area contributed by atoms with Crippen molar-refractivity contribution in [3.05, 3.63) is 29.8 Å². The molecule has 18 heavy (non-hydrogen) atoms. The summed E-state index contributed by atoms with van der Waals surface area (Å²) in [6, 6.07) is 6.72. The van der Waals surface area contributed by atoms with E-state index in [-0.39, 0.29) is 5.91 Å². The summed E-state index contributed by atoms with van der Waals surface area (Å²) in [6.45, 7) is 5.91. The van der Waals surface area contributed by atoms with Crippen molar-refractivity contribution in [1.29, 1.82) is 0 Å². The van der Waals surface area contributed by atoms with Crippen LogP contribution in [0.4, 0.5) is 5.69 Å². The number of carbonyl (C=O) groups excluding carboxylic acids is 2. The van der Waals surface area contributed by atoms with Crippen LogP contribution in [0.3, 0.4) is 0 Å². The number of hydrogen-bond acceptors (Lipinski definition) is 3. The number of nitrogens with zero attached hydrogens (tertiary/aromatic N) is 1. The Labute approximate surface area is 107 Å². The first-order chi connectivity index (χ1) is 8.58. The number of nitrogens with one attached hydrogen (secondary N) is 1. The molecule has 0 unspecified atom stereocenters. The van der Waals surface area contributed by atoms with Crippen LogP contribution in [0.1, 0.15) is 24.2 Å². The average molecular weight is 249 g/mol. The topological polar surface area (TPSA) is 75.4 Å². The predicted octanol–water partition coefficient (Wildman–Crippen LogP) is 1.07. The van der Waals surface area contributed by atoms with Crippen LogP contribution >= 0.6 is 0 Å². The minimum Gasteiger partial charge on any atom is -0.366 e. The fourth-order valence-corrected chi connectivity index (χ4v) is 1.65. The van der Waals surface area contributed by atoms with Gasteiger partial charge in [-0.2, -0.15) is 0 Å². The maximum absolute atomic E-state index is 11.8. The van der Waals surface area contributed by atoms with Gasteiger partial charge in [-0.25, -0.2) is 0 Å². The highest BCUT2D eigenvalue weighted by molar-refractivity contribution is 6.03. The predicted molar refractivity (Wildman–Crippen MR) is 71.4 cm³/mol. The molecule has 0 aliphatic heterocycles. The molecule has 3 N–H and O–H groups in total. The third kappa shape index (κ3) is 3.85. The SMILES string of the molecule is CCN(CC)CC(=O)Nc1ccccc1C(N)=O. The molecule has 1 rings (SSSR count). The second kappa shape index (κ2) is 6.76. The molecule has 0 heterocycles. The maximum Gasteiger partial charge on any atom is 0.250 e. The van der Waals surface area contributed by atoms with Crippen molar-refractivity contribution in [1.82, 2.24) is 4.90 Å². The second-order valence-corrected chi connectivity index (χ2v) is 3.92. The maximum atomic E-state index is 11.8. The number of anilines is 1. The Morgan fingerprint density at radius 1 is 1.22 bits per heavy atom. The number of hydrogen-bond donors (Lipinski definition) is 2. The fraction of sp³-hybridized carbons (Fsp3) is 0.385. The molecule has 0 radical (unpaired) electrons. The van der Waals surface area contributed by atoms with Crippen molar-refractivity contribution < 1.29 is 9.59 Å². The molecule has 0 bridgehead atoms. The van der Waals surface area contributed by atoms with E-state index in [2.05, 4.69) is 5.32 Å². The molecule has 0 saturated carbocycles. The first-order valence-electron chi connectivity index (χ1n) is 5.99. The normalized spacial score (nSPS) is 10.4. The van der Waals surface area contributed by atoms with Gasteiger partial charge in [0.25, 0.3) is 5.91 Å². The number of nitrogens with two attached hydrogens (primary N) is 1. The number of rotatable bonds is 6. The highest BCUT2D eigenvalue weighted by Crippen LogP contribution is 2.14. The van der Waals surface area contributed by atoms with Gasteiger partial charge in [0.05, 0.1) is 17.8 Å². The van der Waals surface area contributed by atoms with Crippen molar-refractivity contribution in [3.8, 4) is 0 Å². The first-order valence-corrected chi connectivity index (χ1v) is 5.99. The molecule has 0 fully saturated rings. The minimum atomic E-state index is -0.547. The zero-order valence-electron chi connectivity index (χ0n) is 10.8. The smallest absolute Gasteiger partial charge is 0.250 e. The van der Waals surface area contributed by atoms with Gasteiger partial charge in [0.15, 0.2) is 0 Å². The highest BCUT2D eigenvalue weighted by atomic mass is 16.2. The van der Waals surface area contributed by atoms with Crippen LogP contribution in [0.2, 0.25) is 0 Å². The lowest BCUT2D eigenvalue weighted by atomic mass is 10.1. The van der Waals surface area contributed by atoms with Gasteiger partial charge in [0, 0.05) is 0 Å². The third-order valence-electron chi connectivity index (χ3n) is 2.73. The van der Waals surface area contributed by atoms with Gasteiger partial charge in [0.1, 0.15) is 0 Å². The summed E-state index contributed by atoms with van der Waals surface area (Å²) in [5.74, 6) is -0.693. The summed E-state index contributed by atoms with van der Waals surface area (Å²) >= 11 is 0. The summed E-state index contributed by atoms with van der Waals surface area (Å²) in [5, 5.41) is 2.71. The van der Waals surface area contributed by atoms with E-state index in [1.54, 1.807) is 24.3 Å². The molecule has 98 valence electrons. The number of carbonyl (C=O) groups is 2. The van der Waals surface area contributed by atoms with Crippen molar-refractivity contribution in [2.75, 3.05) is 25.0 Å². The molecule has 0 aliphatic rings. The van der Waals surface area contributed by atoms with Gasteiger partial charge >= 0.3 is 0 Å². The molecule has 1 aromatic rings. The molecule has 0 saturated heterocycles. The van der Waals surface area contributed by atoms with E-state index in [0.717, 1.165) is 13.1 Å². The number of para-hydroxylation sites is 1. The minimum absolute atomic E-state index is 0.146. The lowest BCUT2D eigenvalue weighted by Crippen LogP contribution is -2.33. The van der Waals surface area contributed by atoms with Gasteiger partial charge in [-0.3, -0.25) is 14.5 Å². The Hall–Kier alpha value is -1.88. The monoisotopic (exact) mass is 249 g/mol. The van der Waals surface area contributed by atoms with Crippen LogP contribution in [0.5, 0.6) is 0 Å². The molecular formula is C13H19N3O2. The van der Waals surface area contributed by atoms with Crippen LogP contribution in [-0.4, -0.2) is 36.3 Å². The van der Waals surface area contributed by atoms with E-state index in [0.29, 0.717) is 17.8 Å². The van der Waals surface area contributed by atoms with E-state index in [4.69, 9.17) is 5.73 Å². The Bertz CT molecular complexity index is 428. The van der Waals surface area contributed by atoms with Crippen molar-refractivity contribution in [3.63, 3.8) is 0 Å². The Kier molecular flexibility index (Phi) is 5.32. The van der Waals surface area contributed by atoms with Crippen LogP contribution < -0.4 is 11.1 Å². The molecule has 0 spiro atoms. The number of likely N-dealkylation sites (N-methyl/N-ethyl adjacent to an activating group) is 1. The van der Waals surface area contributed by atoms with E-state index < -0.39 is 5.91 Å². The van der Waals surface area contributed by atoms with Crippen molar-refractivity contribution in [2.45, 2.75) is 13.8 Å². The van der Waals surface area contributed by atoms with Gasteiger partial charge in [-0.05, 0) is 25.2 Å². The molecule has 5 heteroatoms. The Morgan fingerprint density at radius 2 is 1.83 bits per heavy atom. The first kappa shape index (κ1) is 14.2. The van der Waals surface area contributed by atoms with E-state index in [1.807, 2.05) is 18.7 Å². The molecule has 0 atom stereocenters. The Morgan fingerprint density at radius 3 is 2.39 bits per heavy atom. The molecule has 0 aromatic heterocycles. The molecule has 5 nitrogen and oxygen atoms in total. The largest absolute Gasteiger partial charge is 0.366 e. The standard InChI is InChI=1S/C13H19N3O2/c1-3-16(4-2)9-12(17)15-11-8-6-5-7-10(11)13(14)18/h5-8H,3-4,9H2,1-2H3,(H2,14,18)(H,15,17). The van der Waals surface area contributed by atoms with Crippen LogP contribution in [0, 0.1) is 0 Å². The summed E-state index contributed by atoms with van der Waals surface area (Å²) < 4.78 is 0. The van der Waals surface area contributed by atoms with E-state index in [1.165, 1.54) is 0 Å². The van der Waals surface area contributed by atoms with Gasteiger partial charge in [-0.1, -0.05) is 26.0 Å². The van der Waals surface area contributed by atoms with E-state index >= 15 is 0 Å². The molecular weight excluding hydrogens is 230 g/mol. The highest BCUT2D eigenvalue weighted by Gasteiger charge is 2.11. The molecule has 0 aliphatic carbocycles. The number of amides is 2. The second-order valence-electron chi connectivity index (χ2n) is 3.92. The van der Waals surface area contributed by atoms with Crippen LogP contribution in [0.25, 0.3) is 0 Å². The average Bonchev–Trinajstić information content (AvgIpc) is 2.36. The number of primary amides is 1. The summed E-state index contributed by atoms with van der Waals surface area (Å²) in [7, 11) is 0. The zero-order valence-corrected chi connectivity index (χ0v) is 10.8. The van der Waals surface area contributed by atoms with Gasteiger partial charge < -0.3 is 11.1 Å². The summed E-state index contributed by atoms with van der Waals surface area (Å²) in [4.78, 5) is 25.0. The van der Waals surface area contributed by atoms with Crippen molar-refractivity contribution in [2.24, 2.45) is 5.73 Å². The number of benzene rings is 1. The lowest BCUT2D eigenvalue weighted by Gasteiger charge is -2.17. The fourth-order valence-electron chi connectivity index (χ4n) is 1.65. The Balaban J connectivity index is 2.73. The quantitative estimate of drug-likeness (QED) is 0.791. The van der Waals surface area contributed by atoms with Gasteiger partial charge in [0.2, 0.25) is 5.91 Å².